The minimum atomic E-state index is -0.825. The van der Waals surface area contributed by atoms with Gasteiger partial charge in [-0.2, -0.15) is 0 Å². The molecule has 1 aromatic heterocycles. The maximum atomic E-state index is 11.5. The minimum absolute atomic E-state index is 0.143. The third-order valence-electron chi connectivity index (χ3n) is 3.22. The zero-order valence-electron chi connectivity index (χ0n) is 13.0. The molecule has 0 aromatic carbocycles. The molecular weight excluding hydrogens is 284 g/mol. The van der Waals surface area contributed by atoms with Crippen LogP contribution in [0, 0.1) is 0 Å². The molecule has 1 fully saturated rings. The molecule has 1 aliphatic heterocycles. The molecular formula is C16H22N2O4. The molecule has 2 rings (SSSR count). The van der Waals surface area contributed by atoms with Gasteiger partial charge in [0.2, 0.25) is 0 Å². The molecule has 6 heteroatoms. The summed E-state index contributed by atoms with van der Waals surface area (Å²) in [6, 6.07) is 3.68. The molecule has 0 spiro atoms. The Kier molecular flexibility index (Phi) is 5.91. The highest BCUT2D eigenvalue weighted by Crippen LogP contribution is 2.27. The monoisotopic (exact) mass is 306 g/mol. The van der Waals surface area contributed by atoms with Crippen molar-refractivity contribution in [3.05, 3.63) is 36.2 Å². The first kappa shape index (κ1) is 16.5. The molecule has 1 aromatic rings. The fraction of sp³-hybridized carbons (Fsp3) is 0.500. The number of carbonyl (C=O) groups excluding carboxylic acids is 1. The lowest BCUT2D eigenvalue weighted by Crippen LogP contribution is -2.40. The van der Waals surface area contributed by atoms with E-state index in [-0.39, 0.29) is 6.04 Å². The van der Waals surface area contributed by atoms with Crippen LogP contribution >= 0.6 is 0 Å². The van der Waals surface area contributed by atoms with Crippen LogP contribution in [-0.2, 0) is 14.2 Å². The summed E-state index contributed by atoms with van der Waals surface area (Å²) < 4.78 is 16.4. The number of hydrogen-bond acceptors (Lipinski definition) is 5. The van der Waals surface area contributed by atoms with E-state index in [1.165, 1.54) is 0 Å². The molecule has 0 saturated carbocycles. The number of pyridine rings is 1. The minimum Gasteiger partial charge on any atom is -0.450 e. The average molecular weight is 306 g/mol. The quantitative estimate of drug-likeness (QED) is 0.873. The van der Waals surface area contributed by atoms with Crippen molar-refractivity contribution in [1.82, 2.24) is 10.3 Å². The van der Waals surface area contributed by atoms with Gasteiger partial charge in [-0.1, -0.05) is 12.1 Å². The predicted molar refractivity (Wildman–Crippen MR) is 82.1 cm³/mol. The summed E-state index contributed by atoms with van der Waals surface area (Å²) in [4.78, 5) is 15.5. The van der Waals surface area contributed by atoms with Gasteiger partial charge in [0.1, 0.15) is 0 Å². The Morgan fingerprint density at radius 3 is 2.95 bits per heavy atom. The third-order valence-corrected chi connectivity index (χ3v) is 3.22. The zero-order chi connectivity index (χ0) is 15.8. The van der Waals surface area contributed by atoms with Crippen LogP contribution in [0.5, 0.6) is 0 Å². The van der Waals surface area contributed by atoms with Crippen LogP contribution in [0.25, 0.3) is 6.08 Å². The number of carbonyl (C=O) groups is 1. The predicted octanol–water partition coefficient (Wildman–Crippen LogP) is 2.36. The Bertz CT molecular complexity index is 498. The highest BCUT2D eigenvalue weighted by molar-refractivity contribution is 5.67. The number of hydrogen-bond donors (Lipinski definition) is 1. The summed E-state index contributed by atoms with van der Waals surface area (Å²) in [5.74, 6) is -0.825. The largest absolute Gasteiger partial charge is 0.450 e. The van der Waals surface area contributed by atoms with Gasteiger partial charge in [-0.05, 0) is 31.6 Å². The summed E-state index contributed by atoms with van der Waals surface area (Å²) >= 11 is 0. The average Bonchev–Trinajstić information content (AvgIpc) is 2.95. The normalized spacial score (nSPS) is 18.3. The molecule has 120 valence electrons. The molecule has 0 bridgehead atoms. The van der Waals surface area contributed by atoms with Crippen molar-refractivity contribution in [3.8, 4) is 0 Å². The summed E-state index contributed by atoms with van der Waals surface area (Å²) in [5.41, 5.74) is 0.965. The Labute approximate surface area is 130 Å². The third kappa shape index (κ3) is 4.82. The van der Waals surface area contributed by atoms with E-state index in [0.29, 0.717) is 26.2 Å². The first-order chi connectivity index (χ1) is 10.6. The maximum absolute atomic E-state index is 11.5. The summed E-state index contributed by atoms with van der Waals surface area (Å²) in [6.07, 6.45) is 7.35. The standard InChI is InChI=1S/C16H22N2O4/c1-3-20-15(19)18-13(2)11-16(21-9-10-22-16)7-6-14-5-4-8-17-12-14/h4-8,12-13H,3,9-11H2,1-2H3,(H,18,19)/b7-6+/t13-/m1/s1. The number of nitrogens with one attached hydrogen (secondary N) is 1. The molecule has 1 N–H and O–H groups in total. The van der Waals surface area contributed by atoms with Crippen LogP contribution in [-0.4, -0.2) is 42.7 Å². The van der Waals surface area contributed by atoms with Crippen molar-refractivity contribution in [3.63, 3.8) is 0 Å². The number of nitrogens with zero attached hydrogens (tertiary/aromatic N) is 1. The second kappa shape index (κ2) is 7.91. The first-order valence-corrected chi connectivity index (χ1v) is 7.44. The first-order valence-electron chi connectivity index (χ1n) is 7.44. The van der Waals surface area contributed by atoms with E-state index in [1.807, 2.05) is 31.2 Å². The summed E-state index contributed by atoms with van der Waals surface area (Å²) in [7, 11) is 0. The highest BCUT2D eigenvalue weighted by atomic mass is 16.7. The van der Waals surface area contributed by atoms with Crippen molar-refractivity contribution in [2.75, 3.05) is 19.8 Å². The fourth-order valence-electron chi connectivity index (χ4n) is 2.30. The molecule has 1 aliphatic rings. The second-order valence-corrected chi connectivity index (χ2v) is 5.10. The smallest absolute Gasteiger partial charge is 0.407 e. The molecule has 1 amide bonds. The van der Waals surface area contributed by atoms with Gasteiger partial charge in [-0.25, -0.2) is 4.79 Å². The van der Waals surface area contributed by atoms with E-state index >= 15 is 0 Å². The molecule has 22 heavy (non-hydrogen) atoms. The second-order valence-electron chi connectivity index (χ2n) is 5.10. The fourth-order valence-corrected chi connectivity index (χ4v) is 2.30. The van der Waals surface area contributed by atoms with Crippen molar-refractivity contribution in [2.45, 2.75) is 32.1 Å². The van der Waals surface area contributed by atoms with Crippen molar-refractivity contribution < 1.29 is 19.0 Å². The Hall–Kier alpha value is -1.92. The molecule has 6 nitrogen and oxygen atoms in total. The lowest BCUT2D eigenvalue weighted by molar-refractivity contribution is -0.124. The Balaban J connectivity index is 1.99. The van der Waals surface area contributed by atoms with Crippen LogP contribution in [0.3, 0.4) is 0 Å². The van der Waals surface area contributed by atoms with Gasteiger partial charge in [-0.15, -0.1) is 0 Å². The van der Waals surface area contributed by atoms with Crippen LogP contribution in [0.1, 0.15) is 25.8 Å². The van der Waals surface area contributed by atoms with E-state index in [2.05, 4.69) is 10.3 Å². The zero-order valence-corrected chi connectivity index (χ0v) is 13.0. The van der Waals surface area contributed by atoms with E-state index < -0.39 is 11.9 Å². The van der Waals surface area contributed by atoms with Gasteiger partial charge < -0.3 is 19.5 Å². The SMILES string of the molecule is CCOC(=O)N[C@H](C)CC1(/C=C/c2cccnc2)OCCO1. The van der Waals surface area contributed by atoms with E-state index in [4.69, 9.17) is 14.2 Å². The lowest BCUT2D eigenvalue weighted by atomic mass is 10.1. The van der Waals surface area contributed by atoms with E-state index in [0.717, 1.165) is 5.56 Å². The summed E-state index contributed by atoms with van der Waals surface area (Å²) in [6.45, 7) is 5.07. The van der Waals surface area contributed by atoms with Crippen LogP contribution in [0.2, 0.25) is 0 Å². The molecule has 1 atom stereocenters. The van der Waals surface area contributed by atoms with Crippen LogP contribution in [0.15, 0.2) is 30.6 Å². The topological polar surface area (TPSA) is 69.7 Å². The van der Waals surface area contributed by atoms with Crippen LogP contribution in [0.4, 0.5) is 4.79 Å². The summed E-state index contributed by atoms with van der Waals surface area (Å²) in [5, 5.41) is 2.76. The molecule has 0 radical (unpaired) electrons. The van der Waals surface area contributed by atoms with Crippen molar-refractivity contribution in [1.29, 1.82) is 0 Å². The molecule has 1 saturated heterocycles. The Morgan fingerprint density at radius 1 is 1.55 bits per heavy atom. The van der Waals surface area contributed by atoms with Gasteiger partial charge in [0.25, 0.3) is 0 Å². The van der Waals surface area contributed by atoms with Crippen LogP contribution < -0.4 is 5.32 Å². The van der Waals surface area contributed by atoms with Crippen molar-refractivity contribution in [2.24, 2.45) is 0 Å². The lowest BCUT2D eigenvalue weighted by Gasteiger charge is -2.27. The van der Waals surface area contributed by atoms with E-state index in [9.17, 15) is 4.79 Å². The number of alkyl carbamates (subject to hydrolysis) is 1. The Morgan fingerprint density at radius 2 is 2.32 bits per heavy atom. The van der Waals surface area contributed by atoms with Gasteiger partial charge in [-0.3, -0.25) is 4.98 Å². The number of rotatable bonds is 6. The molecule has 0 unspecified atom stereocenters. The molecule has 0 aliphatic carbocycles. The number of aromatic nitrogens is 1. The number of ether oxygens (including phenoxy) is 3. The highest BCUT2D eigenvalue weighted by Gasteiger charge is 2.35. The van der Waals surface area contributed by atoms with Gasteiger partial charge in [0, 0.05) is 24.9 Å². The van der Waals surface area contributed by atoms with Gasteiger partial charge in [0.05, 0.1) is 19.8 Å². The number of amides is 1. The molecule has 2 heterocycles. The van der Waals surface area contributed by atoms with Gasteiger partial charge in [0.15, 0.2) is 5.79 Å². The van der Waals surface area contributed by atoms with Crippen molar-refractivity contribution >= 4 is 12.2 Å². The van der Waals surface area contributed by atoms with E-state index in [1.54, 1.807) is 19.3 Å². The maximum Gasteiger partial charge on any atom is 0.407 e. The van der Waals surface area contributed by atoms with Gasteiger partial charge >= 0.3 is 6.09 Å².